The minimum absolute atomic E-state index is 0.0741. The zero-order valence-corrected chi connectivity index (χ0v) is 14.2. The van der Waals surface area contributed by atoms with E-state index >= 15 is 0 Å². The molecule has 0 radical (unpaired) electrons. The van der Waals surface area contributed by atoms with E-state index in [1.807, 2.05) is 0 Å². The van der Waals surface area contributed by atoms with Gasteiger partial charge in [0.2, 0.25) is 5.91 Å². The molecule has 23 heavy (non-hydrogen) atoms. The number of benzene rings is 1. The third-order valence-corrected chi connectivity index (χ3v) is 5.42. The minimum atomic E-state index is -0.945. The molecule has 0 aromatic heterocycles. The zero-order valence-electron chi connectivity index (χ0n) is 12.6. The summed E-state index contributed by atoms with van der Waals surface area (Å²) in [5.41, 5.74) is -0.248. The summed E-state index contributed by atoms with van der Waals surface area (Å²) in [6.07, 6.45) is 1.61. The van der Waals surface area contributed by atoms with Gasteiger partial charge < -0.3 is 14.9 Å². The second-order valence-corrected chi connectivity index (χ2v) is 7.12. The van der Waals surface area contributed by atoms with Gasteiger partial charge in [0.15, 0.2) is 0 Å². The van der Waals surface area contributed by atoms with Gasteiger partial charge in [-0.05, 0) is 43.9 Å². The van der Waals surface area contributed by atoms with Crippen molar-refractivity contribution < 1.29 is 19.1 Å². The van der Waals surface area contributed by atoms with Crippen molar-refractivity contribution in [3.63, 3.8) is 0 Å². The van der Waals surface area contributed by atoms with Crippen LogP contribution in [0.5, 0.6) is 0 Å². The van der Waals surface area contributed by atoms with Crippen LogP contribution >= 0.6 is 15.9 Å². The van der Waals surface area contributed by atoms with E-state index in [-0.39, 0.29) is 5.91 Å². The molecule has 0 saturated carbocycles. The Morgan fingerprint density at radius 2 is 1.91 bits per heavy atom. The summed E-state index contributed by atoms with van der Waals surface area (Å²) in [5, 5.41) is 9.06. The largest absolute Gasteiger partial charge is 0.465 e. The molecule has 2 heterocycles. The van der Waals surface area contributed by atoms with E-state index in [1.165, 1.54) is 15.9 Å². The highest BCUT2D eigenvalue weighted by molar-refractivity contribution is 9.10. The van der Waals surface area contributed by atoms with E-state index in [1.54, 1.807) is 12.1 Å². The van der Waals surface area contributed by atoms with Crippen molar-refractivity contribution in [2.75, 3.05) is 24.5 Å². The Kier molecular flexibility index (Phi) is 4.31. The van der Waals surface area contributed by atoms with Gasteiger partial charge in [-0.15, -0.1) is 0 Å². The molecule has 2 aliphatic rings. The topological polar surface area (TPSA) is 60.9 Å². The summed E-state index contributed by atoms with van der Waals surface area (Å²) in [4.78, 5) is 26.9. The number of carbonyl (C=O) groups is 2. The van der Waals surface area contributed by atoms with Crippen molar-refractivity contribution in [3.05, 3.63) is 28.5 Å². The van der Waals surface area contributed by atoms with Crippen LogP contribution in [-0.4, -0.2) is 41.6 Å². The van der Waals surface area contributed by atoms with E-state index in [2.05, 4.69) is 15.9 Å². The van der Waals surface area contributed by atoms with E-state index in [4.69, 9.17) is 5.11 Å². The Morgan fingerprint density at radius 1 is 1.22 bits per heavy atom. The maximum absolute atomic E-state index is 14.2. The van der Waals surface area contributed by atoms with Gasteiger partial charge in [0.05, 0.1) is 11.1 Å². The molecule has 0 atom stereocenters. The lowest BCUT2D eigenvalue weighted by atomic mass is 9.71. The fourth-order valence-electron chi connectivity index (χ4n) is 3.59. The second kappa shape index (κ2) is 6.11. The van der Waals surface area contributed by atoms with Gasteiger partial charge >= 0.3 is 6.09 Å². The van der Waals surface area contributed by atoms with Crippen LogP contribution in [0.4, 0.5) is 14.9 Å². The summed E-state index contributed by atoms with van der Waals surface area (Å²) >= 11 is 3.22. The van der Waals surface area contributed by atoms with E-state index in [0.717, 1.165) is 12.8 Å². The van der Waals surface area contributed by atoms with E-state index < -0.39 is 17.3 Å². The Labute approximate surface area is 142 Å². The highest BCUT2D eigenvalue weighted by Gasteiger charge is 2.47. The molecule has 5 nitrogen and oxygen atoms in total. The smallest absolute Gasteiger partial charge is 0.407 e. The standard InChI is InChI=1S/C16H18BrFN2O3/c17-11-2-3-13(12(18)10-11)20-7-1-4-16(14(20)21)5-8-19(9-6-16)15(22)23/h2-3,10H,1,4-9H2,(H,22,23). The van der Waals surface area contributed by atoms with Gasteiger partial charge in [0, 0.05) is 24.1 Å². The van der Waals surface area contributed by atoms with Gasteiger partial charge in [-0.3, -0.25) is 4.79 Å². The predicted octanol–water partition coefficient (Wildman–Crippen LogP) is 3.48. The van der Waals surface area contributed by atoms with Crippen LogP contribution in [0.25, 0.3) is 0 Å². The summed E-state index contributed by atoms with van der Waals surface area (Å²) in [5.74, 6) is -0.497. The first kappa shape index (κ1) is 16.2. The number of hydrogen-bond acceptors (Lipinski definition) is 2. The van der Waals surface area contributed by atoms with Crippen LogP contribution < -0.4 is 4.90 Å². The monoisotopic (exact) mass is 384 g/mol. The van der Waals surface area contributed by atoms with Crippen molar-refractivity contribution in [1.82, 2.24) is 4.90 Å². The van der Waals surface area contributed by atoms with Crippen LogP contribution in [0.15, 0.2) is 22.7 Å². The Hall–Kier alpha value is -1.63. The average Bonchev–Trinajstić information content (AvgIpc) is 2.51. The Bertz CT molecular complexity index is 644. The van der Waals surface area contributed by atoms with Crippen LogP contribution in [0, 0.1) is 11.2 Å². The number of rotatable bonds is 1. The normalized spacial score (nSPS) is 20.9. The number of carbonyl (C=O) groups excluding carboxylic acids is 1. The molecule has 1 aromatic carbocycles. The second-order valence-electron chi connectivity index (χ2n) is 6.21. The summed E-state index contributed by atoms with van der Waals surface area (Å²) in [6, 6.07) is 4.69. The quantitative estimate of drug-likeness (QED) is 0.805. The molecule has 1 spiro atoms. The van der Waals surface area contributed by atoms with Gasteiger partial charge in [0.1, 0.15) is 5.82 Å². The number of carboxylic acid groups (broad SMARTS) is 1. The molecule has 0 unspecified atom stereocenters. The summed E-state index contributed by atoms with van der Waals surface area (Å²) in [6.45, 7) is 1.22. The lowest BCUT2D eigenvalue weighted by Crippen LogP contribution is -2.54. The number of piperidine rings is 2. The number of halogens is 2. The highest BCUT2D eigenvalue weighted by atomic mass is 79.9. The maximum Gasteiger partial charge on any atom is 0.407 e. The number of hydrogen-bond donors (Lipinski definition) is 1. The average molecular weight is 385 g/mol. The molecule has 124 valence electrons. The summed E-state index contributed by atoms with van der Waals surface area (Å²) in [7, 11) is 0. The fourth-order valence-corrected chi connectivity index (χ4v) is 3.92. The SMILES string of the molecule is O=C(O)N1CCC2(CCCN(c3ccc(Br)cc3F)C2=O)CC1. The molecule has 0 bridgehead atoms. The van der Waals surface area contributed by atoms with Crippen molar-refractivity contribution in [1.29, 1.82) is 0 Å². The highest BCUT2D eigenvalue weighted by Crippen LogP contribution is 2.42. The van der Waals surface area contributed by atoms with E-state index in [0.29, 0.717) is 42.6 Å². The third kappa shape index (κ3) is 2.94. The van der Waals surface area contributed by atoms with Crippen molar-refractivity contribution >= 4 is 33.6 Å². The molecule has 2 aliphatic heterocycles. The molecule has 2 fully saturated rings. The van der Waals surface area contributed by atoms with Crippen molar-refractivity contribution in [3.8, 4) is 0 Å². The first-order chi connectivity index (χ1) is 10.9. The van der Waals surface area contributed by atoms with Crippen LogP contribution in [0.3, 0.4) is 0 Å². The van der Waals surface area contributed by atoms with Gasteiger partial charge in [-0.1, -0.05) is 15.9 Å². The minimum Gasteiger partial charge on any atom is -0.465 e. The van der Waals surface area contributed by atoms with Crippen LogP contribution in [-0.2, 0) is 4.79 Å². The molecule has 3 rings (SSSR count). The maximum atomic E-state index is 14.2. The molecular formula is C16H18BrFN2O3. The first-order valence-corrected chi connectivity index (χ1v) is 8.47. The third-order valence-electron chi connectivity index (χ3n) is 4.93. The molecule has 7 heteroatoms. The Balaban J connectivity index is 1.83. The molecular weight excluding hydrogens is 367 g/mol. The number of likely N-dealkylation sites (tertiary alicyclic amines) is 1. The lowest BCUT2D eigenvalue weighted by molar-refractivity contribution is -0.133. The molecule has 2 saturated heterocycles. The first-order valence-electron chi connectivity index (χ1n) is 7.68. The lowest BCUT2D eigenvalue weighted by Gasteiger charge is -2.45. The Morgan fingerprint density at radius 3 is 2.52 bits per heavy atom. The zero-order chi connectivity index (χ0) is 16.6. The predicted molar refractivity (Wildman–Crippen MR) is 87.0 cm³/mol. The van der Waals surface area contributed by atoms with Crippen molar-refractivity contribution in [2.45, 2.75) is 25.7 Å². The summed E-state index contributed by atoms with van der Waals surface area (Å²) < 4.78 is 14.9. The fraction of sp³-hybridized carbons (Fsp3) is 0.500. The van der Waals surface area contributed by atoms with Crippen LogP contribution in [0.2, 0.25) is 0 Å². The number of anilines is 1. The van der Waals surface area contributed by atoms with Gasteiger partial charge in [-0.2, -0.15) is 0 Å². The number of amides is 2. The van der Waals surface area contributed by atoms with Gasteiger partial charge in [-0.25, -0.2) is 9.18 Å². The van der Waals surface area contributed by atoms with Gasteiger partial charge in [0.25, 0.3) is 0 Å². The van der Waals surface area contributed by atoms with Crippen LogP contribution in [0.1, 0.15) is 25.7 Å². The molecule has 0 aliphatic carbocycles. The molecule has 1 aromatic rings. The molecule has 1 N–H and O–H groups in total. The van der Waals surface area contributed by atoms with E-state index in [9.17, 15) is 14.0 Å². The number of nitrogens with zero attached hydrogens (tertiary/aromatic N) is 2. The van der Waals surface area contributed by atoms with Crippen molar-refractivity contribution in [2.24, 2.45) is 5.41 Å². The molecule has 2 amide bonds.